The van der Waals surface area contributed by atoms with Crippen LogP contribution < -0.4 is 10.7 Å². The summed E-state index contributed by atoms with van der Waals surface area (Å²) in [4.78, 5) is 41.8. The van der Waals surface area contributed by atoms with Gasteiger partial charge in [-0.25, -0.2) is 9.80 Å². The largest absolute Gasteiger partial charge is 0.467 e. The third-order valence-corrected chi connectivity index (χ3v) is 6.80. The van der Waals surface area contributed by atoms with E-state index in [0.717, 1.165) is 18.6 Å². The van der Waals surface area contributed by atoms with Crippen LogP contribution in [0.2, 0.25) is 0 Å². The van der Waals surface area contributed by atoms with Crippen LogP contribution in [0.1, 0.15) is 32.4 Å². The Hall–Kier alpha value is -2.20. The second-order valence-electron chi connectivity index (χ2n) is 7.35. The fourth-order valence-corrected chi connectivity index (χ4v) is 5.24. The van der Waals surface area contributed by atoms with E-state index in [-0.39, 0.29) is 48.3 Å². The van der Waals surface area contributed by atoms with Crippen molar-refractivity contribution in [3.8, 4) is 0 Å². The summed E-state index contributed by atoms with van der Waals surface area (Å²) in [6.45, 7) is 4.08. The van der Waals surface area contributed by atoms with E-state index in [4.69, 9.17) is 4.42 Å². The van der Waals surface area contributed by atoms with Gasteiger partial charge in [-0.3, -0.25) is 19.4 Å². The number of furan rings is 1. The first-order valence-corrected chi connectivity index (χ1v) is 10.6. The van der Waals surface area contributed by atoms with E-state index >= 15 is 0 Å². The Labute approximate surface area is 167 Å². The number of urea groups is 1. The summed E-state index contributed by atoms with van der Waals surface area (Å²) >= 11 is 1.59. The second kappa shape index (κ2) is 7.67. The van der Waals surface area contributed by atoms with E-state index in [1.807, 2.05) is 13.8 Å². The lowest BCUT2D eigenvalue weighted by molar-refractivity contribution is -0.145. The molecule has 3 aliphatic heterocycles. The van der Waals surface area contributed by atoms with E-state index < -0.39 is 6.29 Å². The zero-order chi connectivity index (χ0) is 19.8. The Morgan fingerprint density at radius 3 is 3.00 bits per heavy atom. The Kier molecular flexibility index (Phi) is 5.24. The van der Waals surface area contributed by atoms with Gasteiger partial charge >= 0.3 is 6.03 Å². The van der Waals surface area contributed by atoms with Crippen LogP contribution in [-0.4, -0.2) is 68.6 Å². The summed E-state index contributed by atoms with van der Waals surface area (Å²) in [5.41, 5.74) is 3.07. The molecular formula is C18H25N5O4S. The van der Waals surface area contributed by atoms with Gasteiger partial charge in [0.1, 0.15) is 17.6 Å². The number of nitrogens with zero attached hydrogens (tertiary/aromatic N) is 3. The van der Waals surface area contributed by atoms with Gasteiger partial charge in [-0.05, 0) is 37.7 Å². The molecule has 4 unspecified atom stereocenters. The maximum absolute atomic E-state index is 13.1. The number of thioether (sulfide) groups is 1. The summed E-state index contributed by atoms with van der Waals surface area (Å²) in [5, 5.41) is 3.91. The molecule has 3 saturated heterocycles. The summed E-state index contributed by atoms with van der Waals surface area (Å²) in [6.07, 6.45) is 2.54. The molecule has 9 nitrogen and oxygen atoms in total. The lowest BCUT2D eigenvalue weighted by Gasteiger charge is -2.43. The van der Waals surface area contributed by atoms with Gasteiger partial charge in [-0.15, -0.1) is 11.8 Å². The first-order valence-electron chi connectivity index (χ1n) is 9.59. The van der Waals surface area contributed by atoms with Crippen LogP contribution in [0.5, 0.6) is 0 Å². The van der Waals surface area contributed by atoms with Crippen LogP contribution in [0.3, 0.4) is 0 Å². The van der Waals surface area contributed by atoms with Gasteiger partial charge in [0.05, 0.1) is 18.8 Å². The number of nitrogens with one attached hydrogen (secondary N) is 2. The average molecular weight is 407 g/mol. The number of amides is 4. The van der Waals surface area contributed by atoms with E-state index in [1.165, 1.54) is 5.01 Å². The zero-order valence-corrected chi connectivity index (χ0v) is 16.8. The molecule has 28 heavy (non-hydrogen) atoms. The van der Waals surface area contributed by atoms with Gasteiger partial charge in [0, 0.05) is 6.04 Å². The van der Waals surface area contributed by atoms with E-state index in [9.17, 15) is 14.4 Å². The van der Waals surface area contributed by atoms with Crippen molar-refractivity contribution in [1.29, 1.82) is 0 Å². The van der Waals surface area contributed by atoms with Crippen LogP contribution >= 0.6 is 11.8 Å². The zero-order valence-electron chi connectivity index (χ0n) is 16.0. The molecule has 3 aliphatic rings. The number of carbonyl (C=O) groups excluding carboxylic acids is 3. The van der Waals surface area contributed by atoms with Gasteiger partial charge < -0.3 is 9.73 Å². The van der Waals surface area contributed by atoms with Crippen LogP contribution in [0.15, 0.2) is 22.8 Å². The Bertz CT molecular complexity index is 757. The highest BCUT2D eigenvalue weighted by atomic mass is 32.2. The van der Waals surface area contributed by atoms with Gasteiger partial charge in [0.2, 0.25) is 11.8 Å². The normalized spacial score (nSPS) is 27.8. The van der Waals surface area contributed by atoms with Crippen LogP contribution in [-0.2, 0) is 16.1 Å². The lowest BCUT2D eigenvalue weighted by atomic mass is 10.1. The molecule has 3 fully saturated rings. The van der Waals surface area contributed by atoms with Crippen LogP contribution in [0, 0.1) is 0 Å². The highest BCUT2D eigenvalue weighted by Crippen LogP contribution is 2.39. The molecule has 4 rings (SSSR count). The minimum Gasteiger partial charge on any atom is -0.467 e. The summed E-state index contributed by atoms with van der Waals surface area (Å²) in [5.74, 6) is 1.25. The third kappa shape index (κ3) is 3.35. The highest BCUT2D eigenvalue weighted by molar-refractivity contribution is 8.00. The monoisotopic (exact) mass is 407 g/mol. The predicted octanol–water partition coefficient (Wildman–Crippen LogP) is 0.936. The molecule has 4 heterocycles. The van der Waals surface area contributed by atoms with Crippen LogP contribution in [0.4, 0.5) is 4.79 Å². The molecule has 1 aromatic heterocycles. The SMILES string of the molecule is CCC(C)NC(=O)CN1NC2N(Cc3ccco3)C(=O)C3SCCC3N2C1=O. The molecule has 0 spiro atoms. The smallest absolute Gasteiger partial charge is 0.337 e. The van der Waals surface area contributed by atoms with Crippen LogP contribution in [0.25, 0.3) is 0 Å². The first-order chi connectivity index (χ1) is 13.5. The van der Waals surface area contributed by atoms with E-state index in [2.05, 4.69) is 10.7 Å². The maximum Gasteiger partial charge on any atom is 0.337 e. The van der Waals surface area contributed by atoms with Crippen molar-refractivity contribution in [1.82, 2.24) is 25.6 Å². The van der Waals surface area contributed by atoms with Crippen molar-refractivity contribution in [3.63, 3.8) is 0 Å². The van der Waals surface area contributed by atoms with Crippen molar-refractivity contribution in [2.24, 2.45) is 0 Å². The highest BCUT2D eigenvalue weighted by Gasteiger charge is 2.56. The molecule has 2 N–H and O–H groups in total. The molecule has 0 radical (unpaired) electrons. The molecule has 152 valence electrons. The van der Waals surface area contributed by atoms with Crippen molar-refractivity contribution in [2.45, 2.75) is 56.9 Å². The molecule has 0 aliphatic carbocycles. The fourth-order valence-electron chi connectivity index (χ4n) is 3.84. The Morgan fingerprint density at radius 1 is 1.46 bits per heavy atom. The number of carbonyl (C=O) groups is 3. The van der Waals surface area contributed by atoms with Gasteiger partial charge in [0.15, 0.2) is 6.29 Å². The quantitative estimate of drug-likeness (QED) is 0.728. The second-order valence-corrected chi connectivity index (χ2v) is 8.60. The average Bonchev–Trinajstić information content (AvgIpc) is 3.40. The van der Waals surface area contributed by atoms with Crippen molar-refractivity contribution in [3.05, 3.63) is 24.2 Å². The van der Waals surface area contributed by atoms with Gasteiger partial charge in [-0.2, -0.15) is 5.43 Å². The summed E-state index contributed by atoms with van der Waals surface area (Å²) in [7, 11) is 0. The molecular weight excluding hydrogens is 382 g/mol. The van der Waals surface area contributed by atoms with Crippen molar-refractivity contribution >= 4 is 29.6 Å². The van der Waals surface area contributed by atoms with Gasteiger partial charge in [0.25, 0.3) is 0 Å². The third-order valence-electron chi connectivity index (χ3n) is 5.45. The molecule has 0 aromatic carbocycles. The van der Waals surface area contributed by atoms with Gasteiger partial charge in [-0.1, -0.05) is 6.92 Å². The summed E-state index contributed by atoms with van der Waals surface area (Å²) < 4.78 is 5.41. The molecule has 0 saturated carbocycles. The number of fused-ring (bicyclic) bond motifs is 3. The molecule has 1 aromatic rings. The Morgan fingerprint density at radius 2 is 2.29 bits per heavy atom. The number of hydrogen-bond acceptors (Lipinski definition) is 6. The lowest BCUT2D eigenvalue weighted by Crippen LogP contribution is -2.65. The first kappa shape index (κ1) is 19.1. The minimum absolute atomic E-state index is 0.00337. The van der Waals surface area contributed by atoms with E-state index in [0.29, 0.717) is 5.76 Å². The molecule has 10 heteroatoms. The maximum atomic E-state index is 13.1. The minimum atomic E-state index is -0.610. The molecule has 0 bridgehead atoms. The number of hydrazine groups is 1. The Balaban J connectivity index is 1.54. The number of rotatable bonds is 6. The van der Waals surface area contributed by atoms with Crippen molar-refractivity contribution < 1.29 is 18.8 Å². The topological polar surface area (TPSA) is 98.1 Å². The predicted molar refractivity (Wildman–Crippen MR) is 103 cm³/mol. The standard InChI is InChI=1S/C18H25N5O4S/c1-3-11(2)19-14(24)10-22-18(26)23-13-6-8-28-15(13)16(25)21(17(23)20-22)9-12-5-4-7-27-12/h4-5,7,11,13,15,17,20H,3,6,8-10H2,1-2H3,(H,19,24). The molecule has 4 amide bonds. The summed E-state index contributed by atoms with van der Waals surface area (Å²) in [6, 6.07) is 3.20. The molecule has 4 atom stereocenters. The number of hydrogen-bond donors (Lipinski definition) is 2. The van der Waals surface area contributed by atoms with E-state index in [1.54, 1.807) is 40.0 Å². The fraction of sp³-hybridized carbons (Fsp3) is 0.611. The van der Waals surface area contributed by atoms with Crippen molar-refractivity contribution in [2.75, 3.05) is 12.3 Å².